The number of nitrogens with zero attached hydrogens (tertiary/aromatic N) is 6. The number of hydrogen-bond donors (Lipinski definition) is 0. The van der Waals surface area contributed by atoms with Crippen LogP contribution < -0.4 is 0 Å². The van der Waals surface area contributed by atoms with Crippen molar-refractivity contribution in [2.24, 2.45) is 0 Å². The Kier molecular flexibility index (Phi) is 8.15. The van der Waals surface area contributed by atoms with Crippen molar-refractivity contribution in [3.8, 4) is 67.5 Å². The fraction of sp³-hybridized carbons (Fsp3) is 0.0217. The standard InChI is InChI=1S/C46H34N6/c1-7-19-34(20-8-1)40-31-43(37-25-13-4-14-26-37)50(47-40)46(51-44(38-27-15-5-16-28-38)32-41(48-51)35-21-9-2-10-22-35)52-45(39-29-17-6-18-30-39)33-42(49-52)36-23-11-3-12-24-36/h1-33,46H. The van der Waals surface area contributed by atoms with Crippen molar-refractivity contribution < 1.29 is 0 Å². The first-order valence-corrected chi connectivity index (χ1v) is 17.4. The van der Waals surface area contributed by atoms with Gasteiger partial charge >= 0.3 is 0 Å². The van der Waals surface area contributed by atoms with Crippen LogP contribution in [0.15, 0.2) is 200 Å². The van der Waals surface area contributed by atoms with Gasteiger partial charge in [0.2, 0.25) is 6.29 Å². The molecule has 0 saturated carbocycles. The van der Waals surface area contributed by atoms with Crippen molar-refractivity contribution in [3.63, 3.8) is 0 Å². The Balaban J connectivity index is 1.39. The molecule has 52 heavy (non-hydrogen) atoms. The molecule has 6 nitrogen and oxygen atoms in total. The first kappa shape index (κ1) is 31.0. The maximum atomic E-state index is 5.44. The molecule has 0 N–H and O–H groups in total. The highest BCUT2D eigenvalue weighted by atomic mass is 15.6. The van der Waals surface area contributed by atoms with Gasteiger partial charge in [-0.25, -0.2) is 14.0 Å². The summed E-state index contributed by atoms with van der Waals surface area (Å²) in [5.41, 5.74) is 11.6. The Bertz CT molecular complexity index is 2250. The molecular weight excluding hydrogens is 637 g/mol. The lowest BCUT2D eigenvalue weighted by atomic mass is 10.1. The molecule has 0 fully saturated rings. The average Bonchev–Trinajstić information content (AvgIpc) is 3.99. The molecule has 0 amide bonds. The van der Waals surface area contributed by atoms with Gasteiger partial charge in [-0.05, 0) is 34.9 Å². The predicted molar refractivity (Wildman–Crippen MR) is 209 cm³/mol. The van der Waals surface area contributed by atoms with Crippen molar-refractivity contribution in [2.45, 2.75) is 6.29 Å². The first-order chi connectivity index (χ1) is 25.8. The molecule has 0 atom stereocenters. The van der Waals surface area contributed by atoms with E-state index in [-0.39, 0.29) is 0 Å². The monoisotopic (exact) mass is 670 g/mol. The fourth-order valence-corrected chi connectivity index (χ4v) is 6.75. The molecular formula is C46H34N6. The molecule has 0 saturated heterocycles. The quantitative estimate of drug-likeness (QED) is 0.154. The largest absolute Gasteiger partial charge is 0.240 e. The molecule has 0 aliphatic heterocycles. The van der Waals surface area contributed by atoms with E-state index in [0.717, 1.165) is 67.5 Å². The summed E-state index contributed by atoms with van der Waals surface area (Å²) < 4.78 is 6.25. The molecule has 0 aliphatic rings. The summed E-state index contributed by atoms with van der Waals surface area (Å²) in [6.07, 6.45) is -0.659. The summed E-state index contributed by atoms with van der Waals surface area (Å²) >= 11 is 0. The van der Waals surface area contributed by atoms with Crippen LogP contribution in [0.4, 0.5) is 0 Å². The van der Waals surface area contributed by atoms with Crippen LogP contribution >= 0.6 is 0 Å². The van der Waals surface area contributed by atoms with E-state index >= 15 is 0 Å². The summed E-state index contributed by atoms with van der Waals surface area (Å²) in [5.74, 6) is 0. The zero-order valence-electron chi connectivity index (χ0n) is 28.3. The van der Waals surface area contributed by atoms with Crippen molar-refractivity contribution in [1.82, 2.24) is 29.3 Å². The molecule has 3 aromatic heterocycles. The van der Waals surface area contributed by atoms with Gasteiger partial charge in [-0.3, -0.25) is 0 Å². The van der Waals surface area contributed by atoms with E-state index in [1.807, 2.05) is 72.8 Å². The first-order valence-electron chi connectivity index (χ1n) is 17.4. The third kappa shape index (κ3) is 5.92. The van der Waals surface area contributed by atoms with Gasteiger partial charge in [0, 0.05) is 16.7 Å². The van der Waals surface area contributed by atoms with Gasteiger partial charge in [-0.15, -0.1) is 0 Å². The molecule has 3 heterocycles. The minimum atomic E-state index is -0.659. The molecule has 248 valence electrons. The Morgan fingerprint density at radius 1 is 0.269 bits per heavy atom. The van der Waals surface area contributed by atoms with Crippen LogP contribution in [0.3, 0.4) is 0 Å². The van der Waals surface area contributed by atoms with Crippen LogP contribution in [0, 0.1) is 0 Å². The van der Waals surface area contributed by atoms with Crippen LogP contribution in [0.2, 0.25) is 0 Å². The predicted octanol–water partition coefficient (Wildman–Crippen LogP) is 10.8. The SMILES string of the molecule is c1ccc(-c2cc(-c3ccccc3)n(C(n3nc(-c4ccccc4)cc3-c3ccccc3)n3nc(-c4ccccc4)cc3-c3ccccc3)n2)cc1. The molecule has 9 rings (SSSR count). The van der Waals surface area contributed by atoms with E-state index in [4.69, 9.17) is 15.3 Å². The van der Waals surface area contributed by atoms with Gasteiger partial charge in [0.1, 0.15) is 0 Å². The molecule has 0 aliphatic carbocycles. The van der Waals surface area contributed by atoms with Crippen molar-refractivity contribution in [2.75, 3.05) is 0 Å². The lowest BCUT2D eigenvalue weighted by Gasteiger charge is -2.25. The Morgan fingerprint density at radius 3 is 0.712 bits per heavy atom. The van der Waals surface area contributed by atoms with E-state index in [1.54, 1.807) is 0 Å². The van der Waals surface area contributed by atoms with Crippen molar-refractivity contribution in [3.05, 3.63) is 200 Å². The molecule has 6 aromatic carbocycles. The van der Waals surface area contributed by atoms with Gasteiger partial charge in [0.05, 0.1) is 34.2 Å². The lowest BCUT2D eigenvalue weighted by molar-refractivity contribution is 0.295. The minimum absolute atomic E-state index is 0.659. The van der Waals surface area contributed by atoms with Crippen LogP contribution in [-0.4, -0.2) is 29.3 Å². The highest BCUT2D eigenvalue weighted by molar-refractivity contribution is 5.72. The number of hydrogen-bond acceptors (Lipinski definition) is 3. The minimum Gasteiger partial charge on any atom is -0.219 e. The number of aromatic nitrogens is 6. The zero-order chi connectivity index (χ0) is 34.7. The van der Waals surface area contributed by atoms with Crippen LogP contribution in [0.5, 0.6) is 0 Å². The Morgan fingerprint density at radius 2 is 0.481 bits per heavy atom. The second-order valence-corrected chi connectivity index (χ2v) is 12.6. The van der Waals surface area contributed by atoms with Crippen LogP contribution in [-0.2, 0) is 0 Å². The van der Waals surface area contributed by atoms with Gasteiger partial charge in [-0.1, -0.05) is 182 Å². The highest BCUT2D eigenvalue weighted by Crippen LogP contribution is 2.37. The number of rotatable bonds is 9. The highest BCUT2D eigenvalue weighted by Gasteiger charge is 2.30. The Labute approximate surface area is 302 Å². The summed E-state index contributed by atoms with van der Waals surface area (Å²) in [6, 6.07) is 68.8. The molecule has 6 heteroatoms. The summed E-state index contributed by atoms with van der Waals surface area (Å²) in [5, 5.41) is 16.3. The third-order valence-electron chi connectivity index (χ3n) is 9.28. The van der Waals surface area contributed by atoms with Gasteiger partial charge < -0.3 is 0 Å². The Hall–Kier alpha value is -7.05. The average molecular weight is 671 g/mol. The van der Waals surface area contributed by atoms with Crippen molar-refractivity contribution >= 4 is 0 Å². The normalized spacial score (nSPS) is 11.2. The van der Waals surface area contributed by atoms with Crippen LogP contribution in [0.25, 0.3) is 67.5 Å². The fourth-order valence-electron chi connectivity index (χ4n) is 6.75. The van der Waals surface area contributed by atoms with E-state index in [2.05, 4.69) is 141 Å². The van der Waals surface area contributed by atoms with Gasteiger partial charge in [0.25, 0.3) is 0 Å². The smallest absolute Gasteiger partial charge is 0.219 e. The van der Waals surface area contributed by atoms with E-state index < -0.39 is 6.29 Å². The molecule has 0 unspecified atom stereocenters. The second-order valence-electron chi connectivity index (χ2n) is 12.6. The van der Waals surface area contributed by atoms with E-state index in [1.165, 1.54) is 0 Å². The molecule has 0 bridgehead atoms. The molecule has 0 spiro atoms. The summed E-state index contributed by atoms with van der Waals surface area (Å²) in [6.45, 7) is 0. The lowest BCUT2D eigenvalue weighted by Crippen LogP contribution is -2.30. The molecule has 9 aromatic rings. The van der Waals surface area contributed by atoms with Gasteiger partial charge in [0.15, 0.2) is 0 Å². The zero-order valence-corrected chi connectivity index (χ0v) is 28.3. The summed E-state index contributed by atoms with van der Waals surface area (Å²) in [4.78, 5) is 0. The van der Waals surface area contributed by atoms with Crippen LogP contribution in [0.1, 0.15) is 6.29 Å². The number of benzene rings is 6. The third-order valence-corrected chi connectivity index (χ3v) is 9.28. The van der Waals surface area contributed by atoms with Gasteiger partial charge in [-0.2, -0.15) is 15.3 Å². The topological polar surface area (TPSA) is 53.5 Å². The maximum absolute atomic E-state index is 5.44. The molecule has 0 radical (unpaired) electrons. The maximum Gasteiger partial charge on any atom is 0.240 e. The van der Waals surface area contributed by atoms with E-state index in [0.29, 0.717) is 0 Å². The van der Waals surface area contributed by atoms with E-state index in [9.17, 15) is 0 Å². The second kappa shape index (κ2) is 13.7. The summed E-state index contributed by atoms with van der Waals surface area (Å²) in [7, 11) is 0. The van der Waals surface area contributed by atoms with Crippen molar-refractivity contribution in [1.29, 1.82) is 0 Å².